The minimum absolute atomic E-state index is 0.0665. The van der Waals surface area contributed by atoms with E-state index >= 15 is 0 Å². The molecule has 0 saturated heterocycles. The molecule has 3 atom stereocenters. The zero-order valence-corrected chi connectivity index (χ0v) is 20.9. The van der Waals surface area contributed by atoms with Gasteiger partial charge in [0.1, 0.15) is 17.0 Å². The molecule has 1 aromatic carbocycles. The van der Waals surface area contributed by atoms with Gasteiger partial charge in [-0.2, -0.15) is 11.8 Å². The number of thioether (sulfide) groups is 1. The Labute approximate surface area is 199 Å². The van der Waals surface area contributed by atoms with E-state index in [2.05, 4.69) is 13.8 Å². The quantitative estimate of drug-likeness (QED) is 0.252. The molecular weight excluding hydrogens is 450 g/mol. The minimum Gasteiger partial charge on any atom is -0.616 e. The minimum atomic E-state index is -0.995. The highest BCUT2D eigenvalue weighted by atomic mass is 32.2. The van der Waals surface area contributed by atoms with Crippen LogP contribution in [-0.4, -0.2) is 62.7 Å². The number of hydrogen-bond acceptors (Lipinski definition) is 7. The standard InChI is InChI=1S/C18H28O3S.C5H11NO3S/c1-3-4-5-6-7-8-11-22(19)15(2)12-16-9-10-17-18(13-16)21-14-20-17;6-4(5(8)9)3-10-2-1-7/h9-10,13,15H,3-8,11-12,14H2,1-2H3;4,7H,1-3,6H2,(H,8,9). The van der Waals surface area contributed by atoms with E-state index in [-0.39, 0.29) is 11.9 Å². The number of carboxylic acids is 1. The number of hydrogen-bond donors (Lipinski definition) is 3. The number of rotatable bonds is 15. The van der Waals surface area contributed by atoms with Gasteiger partial charge in [0.25, 0.3) is 0 Å². The summed E-state index contributed by atoms with van der Waals surface area (Å²) in [4.78, 5) is 10.1. The maximum atomic E-state index is 12.3. The molecule has 2 rings (SSSR count). The first-order valence-corrected chi connectivity index (χ1v) is 13.8. The Morgan fingerprint density at radius 3 is 2.59 bits per heavy atom. The molecule has 1 aliphatic rings. The average molecular weight is 490 g/mol. The number of unbranched alkanes of at least 4 members (excludes halogenated alkanes) is 5. The molecule has 0 bridgehead atoms. The fourth-order valence-corrected chi connectivity index (χ4v) is 5.03. The first-order valence-electron chi connectivity index (χ1n) is 11.3. The number of aliphatic hydroxyl groups excluding tert-OH is 1. The summed E-state index contributed by atoms with van der Waals surface area (Å²) in [5.41, 5.74) is 6.33. The van der Waals surface area contributed by atoms with Crippen LogP contribution in [0.3, 0.4) is 0 Å². The van der Waals surface area contributed by atoms with Crippen molar-refractivity contribution in [3.63, 3.8) is 0 Å². The van der Waals surface area contributed by atoms with Gasteiger partial charge in [0.2, 0.25) is 6.79 Å². The van der Waals surface area contributed by atoms with Gasteiger partial charge >= 0.3 is 5.97 Å². The van der Waals surface area contributed by atoms with Crippen molar-refractivity contribution in [2.24, 2.45) is 5.73 Å². The maximum absolute atomic E-state index is 12.3. The van der Waals surface area contributed by atoms with Crippen molar-refractivity contribution in [2.45, 2.75) is 70.1 Å². The molecule has 0 fully saturated rings. The van der Waals surface area contributed by atoms with Crippen LogP contribution in [0.2, 0.25) is 0 Å². The lowest BCUT2D eigenvalue weighted by atomic mass is 10.1. The summed E-state index contributed by atoms with van der Waals surface area (Å²) in [5, 5.41) is 16.8. The largest absolute Gasteiger partial charge is 0.616 e. The molecule has 7 nitrogen and oxygen atoms in total. The lowest BCUT2D eigenvalue weighted by Gasteiger charge is -2.18. The van der Waals surface area contributed by atoms with Gasteiger partial charge < -0.3 is 30.0 Å². The van der Waals surface area contributed by atoms with E-state index < -0.39 is 23.2 Å². The number of aliphatic carboxylic acids is 1. The molecule has 9 heteroatoms. The van der Waals surface area contributed by atoms with Crippen LogP contribution in [-0.2, 0) is 22.4 Å². The summed E-state index contributed by atoms with van der Waals surface area (Å²) in [5.74, 6) is 2.36. The molecule has 0 aliphatic carbocycles. The zero-order valence-electron chi connectivity index (χ0n) is 19.3. The van der Waals surface area contributed by atoms with Crippen molar-refractivity contribution < 1.29 is 29.0 Å². The van der Waals surface area contributed by atoms with E-state index in [1.807, 2.05) is 18.2 Å². The molecule has 4 N–H and O–H groups in total. The number of nitrogens with two attached hydrogens (primary N) is 1. The SMILES string of the molecule is CCCCCCCC[S+]([O-])C(C)Cc1ccc2c(c1)OCO2.NC(CSCCO)C(=O)O. The summed E-state index contributed by atoms with van der Waals surface area (Å²) in [6, 6.07) is 5.20. The molecule has 0 aromatic heterocycles. The van der Waals surface area contributed by atoms with Crippen LogP contribution in [0.25, 0.3) is 0 Å². The molecular formula is C23H39NO6S2. The number of carboxylic acid groups (broad SMARTS) is 1. The van der Waals surface area contributed by atoms with Gasteiger partial charge in [0.15, 0.2) is 11.5 Å². The second-order valence-electron chi connectivity index (χ2n) is 7.80. The summed E-state index contributed by atoms with van der Waals surface area (Å²) < 4.78 is 23.0. The van der Waals surface area contributed by atoms with Crippen LogP contribution in [0.15, 0.2) is 18.2 Å². The molecule has 1 aliphatic heterocycles. The van der Waals surface area contributed by atoms with Crippen molar-refractivity contribution in [1.29, 1.82) is 0 Å². The van der Waals surface area contributed by atoms with Crippen LogP contribution in [0.4, 0.5) is 0 Å². The molecule has 0 saturated carbocycles. The number of benzene rings is 1. The second kappa shape index (κ2) is 17.4. The predicted octanol–water partition coefficient (Wildman–Crippen LogP) is 3.58. The highest BCUT2D eigenvalue weighted by Gasteiger charge is 2.19. The van der Waals surface area contributed by atoms with Gasteiger partial charge in [0.05, 0.1) is 6.61 Å². The van der Waals surface area contributed by atoms with Crippen molar-refractivity contribution in [2.75, 3.05) is 30.7 Å². The normalized spacial score (nSPS) is 14.9. The smallest absolute Gasteiger partial charge is 0.321 e. The summed E-state index contributed by atoms with van der Waals surface area (Å²) in [7, 11) is 0. The van der Waals surface area contributed by atoms with Gasteiger partial charge in [0, 0.05) is 17.9 Å². The fraction of sp³-hybridized carbons (Fsp3) is 0.696. The Balaban J connectivity index is 0.000000433. The van der Waals surface area contributed by atoms with Crippen LogP contribution < -0.4 is 15.2 Å². The Kier molecular flexibility index (Phi) is 15.7. The van der Waals surface area contributed by atoms with Gasteiger partial charge in [-0.1, -0.05) is 49.8 Å². The molecule has 3 unspecified atom stereocenters. The Morgan fingerprint density at radius 2 is 1.91 bits per heavy atom. The maximum Gasteiger partial charge on any atom is 0.321 e. The fourth-order valence-electron chi connectivity index (χ4n) is 3.06. The third-order valence-corrected chi connectivity index (χ3v) is 7.78. The van der Waals surface area contributed by atoms with Gasteiger partial charge in [-0.05, 0) is 37.5 Å². The third-order valence-electron chi connectivity index (χ3n) is 4.96. The van der Waals surface area contributed by atoms with Crippen molar-refractivity contribution in [3.8, 4) is 11.5 Å². The summed E-state index contributed by atoms with van der Waals surface area (Å²) in [6.07, 6.45) is 8.32. The monoisotopic (exact) mass is 489 g/mol. The predicted molar refractivity (Wildman–Crippen MR) is 132 cm³/mol. The number of aliphatic hydroxyl groups is 1. The number of fused-ring (bicyclic) bond motifs is 1. The first kappa shape index (κ1) is 28.9. The first-order chi connectivity index (χ1) is 15.4. The van der Waals surface area contributed by atoms with E-state index in [0.717, 1.165) is 30.1 Å². The molecule has 1 aromatic rings. The van der Waals surface area contributed by atoms with Gasteiger partial charge in [-0.15, -0.1) is 0 Å². The van der Waals surface area contributed by atoms with Gasteiger partial charge in [-0.25, -0.2) is 0 Å². The summed E-state index contributed by atoms with van der Waals surface area (Å²) >= 11 is 0.591. The van der Waals surface area contributed by atoms with E-state index in [1.165, 1.54) is 49.4 Å². The Hall–Kier alpha value is -1.13. The van der Waals surface area contributed by atoms with Crippen LogP contribution in [0.5, 0.6) is 11.5 Å². The van der Waals surface area contributed by atoms with Gasteiger partial charge in [-0.3, -0.25) is 4.79 Å². The van der Waals surface area contributed by atoms with Crippen LogP contribution >= 0.6 is 11.8 Å². The van der Waals surface area contributed by atoms with E-state index in [4.69, 9.17) is 25.4 Å². The summed E-state index contributed by atoms with van der Waals surface area (Å²) in [6.45, 7) is 4.68. The van der Waals surface area contributed by atoms with E-state index in [0.29, 0.717) is 18.3 Å². The van der Waals surface area contributed by atoms with E-state index in [9.17, 15) is 9.35 Å². The topological polar surface area (TPSA) is 125 Å². The molecule has 32 heavy (non-hydrogen) atoms. The van der Waals surface area contributed by atoms with Crippen LogP contribution in [0.1, 0.15) is 57.9 Å². The average Bonchev–Trinajstić information content (AvgIpc) is 3.24. The molecule has 184 valence electrons. The Morgan fingerprint density at radius 1 is 1.22 bits per heavy atom. The lowest BCUT2D eigenvalue weighted by Crippen LogP contribution is -2.32. The van der Waals surface area contributed by atoms with Crippen molar-refractivity contribution >= 4 is 28.9 Å². The molecule has 0 radical (unpaired) electrons. The number of ether oxygens (including phenoxy) is 2. The zero-order chi connectivity index (χ0) is 23.8. The van der Waals surface area contributed by atoms with Crippen molar-refractivity contribution in [1.82, 2.24) is 0 Å². The highest BCUT2D eigenvalue weighted by Crippen LogP contribution is 2.33. The molecule has 0 amide bonds. The van der Waals surface area contributed by atoms with Crippen LogP contribution in [0, 0.1) is 0 Å². The second-order valence-corrected chi connectivity index (χ2v) is 10.9. The van der Waals surface area contributed by atoms with Crippen molar-refractivity contribution in [3.05, 3.63) is 23.8 Å². The Bertz CT molecular complexity index is 649. The highest BCUT2D eigenvalue weighted by molar-refractivity contribution is 7.99. The molecule has 0 spiro atoms. The lowest BCUT2D eigenvalue weighted by molar-refractivity contribution is -0.137. The van der Waals surface area contributed by atoms with E-state index in [1.54, 1.807) is 0 Å². The third kappa shape index (κ3) is 12.2. The number of carbonyl (C=O) groups is 1. The molecule has 1 heterocycles.